The van der Waals surface area contributed by atoms with E-state index in [-0.39, 0.29) is 0 Å². The zero-order chi connectivity index (χ0) is 15.2. The fourth-order valence-corrected chi connectivity index (χ4v) is 2.53. The van der Waals surface area contributed by atoms with E-state index in [2.05, 4.69) is 20.3 Å². The first kappa shape index (κ1) is 14.1. The number of anilines is 1. The standard InChI is InChI=1S/C12H17N5O4/c1-12(20)6(3-18)21-11(8(12)19)17-5-16-7-9(13-2)14-4-15-10(7)17/h4-6,8,11,18-20H,3H2,1-2H3,(H,13,14,15)/t6-,8+,11-,12-/m1/s1. The molecule has 4 N–H and O–H groups in total. The normalized spacial score (nSPS) is 32.7. The monoisotopic (exact) mass is 295 g/mol. The maximum atomic E-state index is 10.3. The van der Waals surface area contributed by atoms with Gasteiger partial charge in [0, 0.05) is 7.05 Å². The van der Waals surface area contributed by atoms with Crippen LogP contribution in [0.4, 0.5) is 5.82 Å². The summed E-state index contributed by atoms with van der Waals surface area (Å²) in [6, 6.07) is 0. The Kier molecular flexibility index (Phi) is 3.29. The minimum absolute atomic E-state index is 0.399. The molecule has 1 aliphatic rings. The van der Waals surface area contributed by atoms with E-state index in [1.165, 1.54) is 24.1 Å². The van der Waals surface area contributed by atoms with Gasteiger partial charge < -0.3 is 25.4 Å². The third-order valence-corrected chi connectivity index (χ3v) is 3.86. The fraction of sp³-hybridized carbons (Fsp3) is 0.583. The summed E-state index contributed by atoms with van der Waals surface area (Å²) >= 11 is 0. The van der Waals surface area contributed by atoms with E-state index in [1.54, 1.807) is 7.05 Å². The van der Waals surface area contributed by atoms with Gasteiger partial charge in [-0.15, -0.1) is 0 Å². The number of ether oxygens (including phenoxy) is 1. The van der Waals surface area contributed by atoms with Gasteiger partial charge in [0.15, 0.2) is 17.7 Å². The zero-order valence-electron chi connectivity index (χ0n) is 11.6. The van der Waals surface area contributed by atoms with Gasteiger partial charge in [0.2, 0.25) is 0 Å². The maximum Gasteiger partial charge on any atom is 0.167 e. The Hall–Kier alpha value is -1.81. The minimum Gasteiger partial charge on any atom is -0.394 e. The number of nitrogens with zero attached hydrogens (tertiary/aromatic N) is 4. The summed E-state index contributed by atoms with van der Waals surface area (Å²) in [5, 5.41) is 32.7. The molecular formula is C12H17N5O4. The molecular weight excluding hydrogens is 278 g/mol. The summed E-state index contributed by atoms with van der Waals surface area (Å²) in [6.07, 6.45) is -0.165. The molecule has 0 aromatic carbocycles. The first-order valence-corrected chi connectivity index (χ1v) is 6.52. The molecule has 4 atom stereocenters. The van der Waals surface area contributed by atoms with Crippen LogP contribution >= 0.6 is 0 Å². The Bertz CT molecular complexity index is 658. The van der Waals surface area contributed by atoms with Crippen LogP contribution in [0.1, 0.15) is 13.2 Å². The largest absolute Gasteiger partial charge is 0.394 e. The minimum atomic E-state index is -1.56. The van der Waals surface area contributed by atoms with Gasteiger partial charge in [0.05, 0.1) is 12.9 Å². The predicted molar refractivity (Wildman–Crippen MR) is 72.5 cm³/mol. The van der Waals surface area contributed by atoms with Gasteiger partial charge >= 0.3 is 0 Å². The van der Waals surface area contributed by atoms with Crippen molar-refractivity contribution in [2.24, 2.45) is 0 Å². The van der Waals surface area contributed by atoms with Crippen LogP contribution in [0.5, 0.6) is 0 Å². The summed E-state index contributed by atoms with van der Waals surface area (Å²) in [6.45, 7) is 1.02. The zero-order valence-corrected chi connectivity index (χ0v) is 11.6. The van der Waals surface area contributed by atoms with Crippen LogP contribution < -0.4 is 5.32 Å². The summed E-state index contributed by atoms with van der Waals surface area (Å²) in [7, 11) is 1.72. The average Bonchev–Trinajstić information content (AvgIpc) is 2.99. The van der Waals surface area contributed by atoms with Gasteiger partial charge in [-0.3, -0.25) is 4.57 Å². The van der Waals surface area contributed by atoms with Gasteiger partial charge in [-0.25, -0.2) is 15.0 Å². The molecule has 114 valence electrons. The van der Waals surface area contributed by atoms with Gasteiger partial charge in [0.1, 0.15) is 29.7 Å². The summed E-state index contributed by atoms with van der Waals surface area (Å²) in [5.74, 6) is 0.553. The molecule has 0 aliphatic carbocycles. The molecule has 2 aromatic rings. The smallest absolute Gasteiger partial charge is 0.167 e. The van der Waals surface area contributed by atoms with Crippen molar-refractivity contribution in [3.05, 3.63) is 12.7 Å². The van der Waals surface area contributed by atoms with E-state index in [0.717, 1.165) is 0 Å². The van der Waals surface area contributed by atoms with Crippen molar-refractivity contribution >= 4 is 17.0 Å². The molecule has 21 heavy (non-hydrogen) atoms. The molecule has 1 aliphatic heterocycles. The van der Waals surface area contributed by atoms with E-state index in [1.807, 2.05) is 0 Å². The molecule has 0 unspecified atom stereocenters. The summed E-state index contributed by atoms with van der Waals surface area (Å²) < 4.78 is 7.08. The number of nitrogens with one attached hydrogen (secondary N) is 1. The lowest BCUT2D eigenvalue weighted by molar-refractivity contribution is -0.0804. The highest BCUT2D eigenvalue weighted by molar-refractivity contribution is 5.82. The van der Waals surface area contributed by atoms with E-state index in [9.17, 15) is 15.3 Å². The molecule has 3 rings (SSSR count). The lowest BCUT2D eigenvalue weighted by atomic mass is 9.95. The van der Waals surface area contributed by atoms with Crippen molar-refractivity contribution in [2.45, 2.75) is 31.0 Å². The van der Waals surface area contributed by atoms with Crippen molar-refractivity contribution < 1.29 is 20.1 Å². The topological polar surface area (TPSA) is 126 Å². The van der Waals surface area contributed by atoms with Crippen molar-refractivity contribution in [2.75, 3.05) is 19.0 Å². The quantitative estimate of drug-likeness (QED) is 0.560. The third kappa shape index (κ3) is 1.97. The average molecular weight is 295 g/mol. The Morgan fingerprint density at radius 1 is 1.43 bits per heavy atom. The first-order valence-electron chi connectivity index (χ1n) is 6.52. The predicted octanol–water partition coefficient (Wildman–Crippen LogP) is -1.13. The van der Waals surface area contributed by atoms with Crippen LogP contribution in [0.2, 0.25) is 0 Å². The highest BCUT2D eigenvalue weighted by Gasteiger charge is 2.52. The van der Waals surface area contributed by atoms with E-state index < -0.39 is 30.6 Å². The lowest BCUT2D eigenvalue weighted by Crippen LogP contribution is -2.46. The van der Waals surface area contributed by atoms with Crippen LogP contribution in [0.25, 0.3) is 11.2 Å². The highest BCUT2D eigenvalue weighted by Crippen LogP contribution is 2.38. The molecule has 0 saturated carbocycles. The molecule has 3 heterocycles. The SMILES string of the molecule is CNc1ncnc2c1ncn2[C@@H]1O[C@H](CO)[C@@](C)(O)[C@H]1O. The maximum absolute atomic E-state index is 10.3. The second kappa shape index (κ2) is 4.88. The Morgan fingerprint density at radius 2 is 2.19 bits per heavy atom. The van der Waals surface area contributed by atoms with Crippen LogP contribution in [-0.4, -0.2) is 66.3 Å². The number of imidazole rings is 1. The molecule has 9 nitrogen and oxygen atoms in total. The molecule has 1 fully saturated rings. The van der Waals surface area contributed by atoms with Crippen LogP contribution in [0.15, 0.2) is 12.7 Å². The molecule has 0 spiro atoms. The van der Waals surface area contributed by atoms with Gasteiger partial charge in [0.25, 0.3) is 0 Å². The van der Waals surface area contributed by atoms with Crippen LogP contribution in [-0.2, 0) is 4.74 Å². The molecule has 2 aromatic heterocycles. The van der Waals surface area contributed by atoms with Crippen molar-refractivity contribution in [1.29, 1.82) is 0 Å². The number of hydrogen-bond acceptors (Lipinski definition) is 8. The van der Waals surface area contributed by atoms with E-state index in [4.69, 9.17) is 4.74 Å². The van der Waals surface area contributed by atoms with E-state index >= 15 is 0 Å². The van der Waals surface area contributed by atoms with Crippen molar-refractivity contribution in [3.8, 4) is 0 Å². The van der Waals surface area contributed by atoms with Gasteiger partial charge in [-0.05, 0) is 6.92 Å². The Balaban J connectivity index is 2.06. The number of hydrogen-bond donors (Lipinski definition) is 4. The third-order valence-electron chi connectivity index (χ3n) is 3.86. The second-order valence-corrected chi connectivity index (χ2v) is 5.16. The van der Waals surface area contributed by atoms with Gasteiger partial charge in [-0.1, -0.05) is 0 Å². The molecule has 0 bridgehead atoms. The lowest BCUT2D eigenvalue weighted by Gasteiger charge is -2.25. The van der Waals surface area contributed by atoms with Gasteiger partial charge in [-0.2, -0.15) is 0 Å². The summed E-state index contributed by atoms with van der Waals surface area (Å²) in [4.78, 5) is 12.4. The van der Waals surface area contributed by atoms with Crippen LogP contribution in [0, 0.1) is 0 Å². The van der Waals surface area contributed by atoms with Crippen molar-refractivity contribution in [1.82, 2.24) is 19.5 Å². The number of rotatable bonds is 3. The molecule has 1 saturated heterocycles. The molecule has 9 heteroatoms. The first-order chi connectivity index (χ1) is 10.0. The highest BCUT2D eigenvalue weighted by atomic mass is 16.6. The number of aromatic nitrogens is 4. The Labute approximate surface area is 120 Å². The molecule has 0 amide bonds. The number of aliphatic hydroxyl groups excluding tert-OH is 2. The van der Waals surface area contributed by atoms with Crippen LogP contribution in [0.3, 0.4) is 0 Å². The van der Waals surface area contributed by atoms with E-state index in [0.29, 0.717) is 17.0 Å². The van der Waals surface area contributed by atoms with Crippen molar-refractivity contribution in [3.63, 3.8) is 0 Å². The number of fused-ring (bicyclic) bond motifs is 1. The summed E-state index contributed by atoms with van der Waals surface area (Å²) in [5.41, 5.74) is -0.565. The Morgan fingerprint density at radius 3 is 2.81 bits per heavy atom. The fourth-order valence-electron chi connectivity index (χ4n) is 2.53. The second-order valence-electron chi connectivity index (χ2n) is 5.16. The number of aliphatic hydroxyl groups is 3. The molecule has 0 radical (unpaired) electrons.